The lowest BCUT2D eigenvalue weighted by molar-refractivity contribution is 0.385. The second kappa shape index (κ2) is 11.1. The SMILES string of the molecule is CCCCCCc1cc(F)c(C#CC2CCC(c3ccc4cc(F)c(F)cc4c3)CC2)c(F)c1. The second-order valence-corrected chi connectivity index (χ2v) is 9.44. The summed E-state index contributed by atoms with van der Waals surface area (Å²) in [5, 5.41) is 1.37. The van der Waals surface area contributed by atoms with E-state index >= 15 is 0 Å². The largest absolute Gasteiger partial charge is 0.206 e. The summed E-state index contributed by atoms with van der Waals surface area (Å²) in [6.45, 7) is 2.13. The molecule has 4 heteroatoms. The molecule has 178 valence electrons. The van der Waals surface area contributed by atoms with Crippen LogP contribution in [-0.4, -0.2) is 0 Å². The van der Waals surface area contributed by atoms with Gasteiger partial charge in [0.1, 0.15) is 11.6 Å². The molecule has 0 aliphatic heterocycles. The topological polar surface area (TPSA) is 0 Å². The lowest BCUT2D eigenvalue weighted by Crippen LogP contribution is -2.12. The van der Waals surface area contributed by atoms with Crippen molar-refractivity contribution in [3.05, 3.63) is 82.4 Å². The van der Waals surface area contributed by atoms with Crippen LogP contribution in [0, 0.1) is 41.0 Å². The molecule has 1 fully saturated rings. The Morgan fingerprint density at radius 1 is 0.735 bits per heavy atom. The Morgan fingerprint density at radius 2 is 1.41 bits per heavy atom. The first kappa shape index (κ1) is 24.3. The van der Waals surface area contributed by atoms with Gasteiger partial charge in [0.2, 0.25) is 0 Å². The fourth-order valence-electron chi connectivity index (χ4n) is 4.91. The van der Waals surface area contributed by atoms with E-state index in [0.29, 0.717) is 28.7 Å². The first-order valence-electron chi connectivity index (χ1n) is 12.3. The van der Waals surface area contributed by atoms with Crippen molar-refractivity contribution in [2.75, 3.05) is 0 Å². The first-order chi connectivity index (χ1) is 16.4. The van der Waals surface area contributed by atoms with Gasteiger partial charge in [0.15, 0.2) is 11.6 Å². The molecule has 1 aliphatic carbocycles. The summed E-state index contributed by atoms with van der Waals surface area (Å²) in [4.78, 5) is 0. The van der Waals surface area contributed by atoms with Crippen molar-refractivity contribution in [1.82, 2.24) is 0 Å². The Labute approximate surface area is 199 Å². The molecule has 0 heterocycles. The predicted molar refractivity (Wildman–Crippen MR) is 130 cm³/mol. The van der Waals surface area contributed by atoms with E-state index in [1.807, 2.05) is 18.2 Å². The summed E-state index contributed by atoms with van der Waals surface area (Å²) in [5.41, 5.74) is 1.66. The molecule has 0 saturated heterocycles. The molecule has 3 aromatic carbocycles. The molecule has 0 atom stereocenters. The van der Waals surface area contributed by atoms with Crippen LogP contribution in [-0.2, 0) is 6.42 Å². The van der Waals surface area contributed by atoms with Gasteiger partial charge in [-0.05, 0) is 90.6 Å². The molecule has 1 aliphatic rings. The molecular formula is C30H30F4. The average Bonchev–Trinajstić information content (AvgIpc) is 2.82. The lowest BCUT2D eigenvalue weighted by Gasteiger charge is -2.26. The number of aryl methyl sites for hydroxylation is 1. The molecule has 0 amide bonds. The molecule has 0 spiro atoms. The van der Waals surface area contributed by atoms with Gasteiger partial charge in [-0.1, -0.05) is 56.2 Å². The van der Waals surface area contributed by atoms with E-state index < -0.39 is 23.3 Å². The summed E-state index contributed by atoms with van der Waals surface area (Å²) in [7, 11) is 0. The molecule has 0 aromatic heterocycles. The number of hydrogen-bond acceptors (Lipinski definition) is 0. The summed E-state index contributed by atoms with van der Waals surface area (Å²) in [6, 6.07) is 11.0. The van der Waals surface area contributed by atoms with Crippen LogP contribution >= 0.6 is 0 Å². The summed E-state index contributed by atoms with van der Waals surface area (Å²) < 4.78 is 56.1. The molecule has 1 saturated carbocycles. The van der Waals surface area contributed by atoms with E-state index in [4.69, 9.17) is 0 Å². The summed E-state index contributed by atoms with van der Waals surface area (Å²) in [5.74, 6) is 3.44. The van der Waals surface area contributed by atoms with Crippen LogP contribution in [0.25, 0.3) is 10.8 Å². The van der Waals surface area contributed by atoms with Crippen molar-refractivity contribution in [1.29, 1.82) is 0 Å². The predicted octanol–water partition coefficient (Wildman–Crippen LogP) is 8.84. The highest BCUT2D eigenvalue weighted by Crippen LogP contribution is 2.37. The Morgan fingerprint density at radius 3 is 2.09 bits per heavy atom. The highest BCUT2D eigenvalue weighted by molar-refractivity contribution is 5.83. The molecule has 3 aromatic rings. The van der Waals surface area contributed by atoms with Gasteiger partial charge in [-0.15, -0.1) is 0 Å². The van der Waals surface area contributed by atoms with Crippen LogP contribution < -0.4 is 0 Å². The lowest BCUT2D eigenvalue weighted by atomic mass is 9.78. The van der Waals surface area contributed by atoms with Crippen LogP contribution in [0.3, 0.4) is 0 Å². The van der Waals surface area contributed by atoms with Gasteiger partial charge in [-0.25, -0.2) is 17.6 Å². The minimum atomic E-state index is -0.840. The normalized spacial score (nSPS) is 18.0. The van der Waals surface area contributed by atoms with Crippen LogP contribution in [0.5, 0.6) is 0 Å². The van der Waals surface area contributed by atoms with Gasteiger partial charge in [0.25, 0.3) is 0 Å². The van der Waals surface area contributed by atoms with Crippen molar-refractivity contribution in [3.63, 3.8) is 0 Å². The van der Waals surface area contributed by atoms with E-state index in [9.17, 15) is 17.6 Å². The molecule has 0 unspecified atom stereocenters. The minimum absolute atomic E-state index is 0.0933. The maximum atomic E-state index is 14.5. The Bertz CT molecular complexity index is 1190. The zero-order valence-electron chi connectivity index (χ0n) is 19.6. The molecular weight excluding hydrogens is 436 g/mol. The smallest absolute Gasteiger partial charge is 0.159 e. The Kier molecular flexibility index (Phi) is 7.93. The standard InChI is InChI=1S/C30H30F4/c1-2-3-4-5-6-21-15-27(31)26(28(32)16-21)14-9-20-7-10-22(11-8-20)23-12-13-24-18-29(33)30(34)19-25(24)17-23/h12-13,15-20,22H,2-8,10-11H2,1H3. The van der Waals surface area contributed by atoms with Crippen molar-refractivity contribution in [3.8, 4) is 11.8 Å². The quantitative estimate of drug-likeness (QED) is 0.193. The van der Waals surface area contributed by atoms with Crippen molar-refractivity contribution < 1.29 is 17.6 Å². The molecule has 0 N–H and O–H groups in total. The van der Waals surface area contributed by atoms with Gasteiger partial charge in [-0.3, -0.25) is 0 Å². The zero-order valence-corrected chi connectivity index (χ0v) is 19.6. The van der Waals surface area contributed by atoms with Gasteiger partial charge in [0.05, 0.1) is 5.56 Å². The number of hydrogen-bond donors (Lipinski definition) is 0. The van der Waals surface area contributed by atoms with E-state index in [-0.39, 0.29) is 11.5 Å². The van der Waals surface area contributed by atoms with Gasteiger partial charge in [-0.2, -0.15) is 0 Å². The van der Waals surface area contributed by atoms with E-state index in [1.54, 1.807) is 0 Å². The molecule has 4 rings (SSSR count). The maximum Gasteiger partial charge on any atom is 0.159 e. The van der Waals surface area contributed by atoms with Crippen molar-refractivity contribution in [2.24, 2.45) is 5.92 Å². The molecule has 0 nitrogen and oxygen atoms in total. The number of halogens is 4. The molecule has 0 radical (unpaired) electrons. The first-order valence-corrected chi connectivity index (χ1v) is 12.3. The zero-order chi connectivity index (χ0) is 24.1. The summed E-state index contributed by atoms with van der Waals surface area (Å²) >= 11 is 0. The third-order valence-corrected chi connectivity index (χ3v) is 6.92. The van der Waals surface area contributed by atoms with E-state index in [1.165, 1.54) is 24.3 Å². The number of fused-ring (bicyclic) bond motifs is 1. The maximum absolute atomic E-state index is 14.5. The minimum Gasteiger partial charge on any atom is -0.206 e. The molecule has 34 heavy (non-hydrogen) atoms. The van der Waals surface area contributed by atoms with Crippen LogP contribution in [0.1, 0.15) is 80.9 Å². The van der Waals surface area contributed by atoms with E-state index in [0.717, 1.165) is 56.9 Å². The molecule has 0 bridgehead atoms. The number of rotatable bonds is 6. The van der Waals surface area contributed by atoms with Crippen molar-refractivity contribution >= 4 is 10.8 Å². The third-order valence-electron chi connectivity index (χ3n) is 6.92. The van der Waals surface area contributed by atoms with Crippen LogP contribution in [0.2, 0.25) is 0 Å². The summed E-state index contributed by atoms with van der Waals surface area (Å²) in [6.07, 6.45) is 8.42. The average molecular weight is 467 g/mol. The van der Waals surface area contributed by atoms with Crippen molar-refractivity contribution in [2.45, 2.75) is 70.6 Å². The van der Waals surface area contributed by atoms with Gasteiger partial charge >= 0.3 is 0 Å². The van der Waals surface area contributed by atoms with Crippen LogP contribution in [0.15, 0.2) is 42.5 Å². The Hall–Kier alpha value is -2.80. The highest BCUT2D eigenvalue weighted by atomic mass is 19.2. The third kappa shape index (κ3) is 5.81. The van der Waals surface area contributed by atoms with Gasteiger partial charge < -0.3 is 0 Å². The fourth-order valence-corrected chi connectivity index (χ4v) is 4.91. The number of unbranched alkanes of at least 4 members (excludes halogenated alkanes) is 3. The fraction of sp³-hybridized carbons (Fsp3) is 0.400. The monoisotopic (exact) mass is 466 g/mol. The number of benzene rings is 3. The highest BCUT2D eigenvalue weighted by Gasteiger charge is 2.22. The van der Waals surface area contributed by atoms with Gasteiger partial charge in [0, 0.05) is 5.92 Å². The van der Waals surface area contributed by atoms with E-state index in [2.05, 4.69) is 18.8 Å². The van der Waals surface area contributed by atoms with Crippen LogP contribution in [0.4, 0.5) is 17.6 Å². The second-order valence-electron chi connectivity index (χ2n) is 9.44. The Balaban J connectivity index is 1.38.